The van der Waals surface area contributed by atoms with Crippen LogP contribution < -0.4 is 10.7 Å². The van der Waals surface area contributed by atoms with Crippen molar-refractivity contribution in [3.63, 3.8) is 0 Å². The molecule has 1 aliphatic rings. The van der Waals surface area contributed by atoms with Crippen molar-refractivity contribution in [1.29, 1.82) is 0 Å². The highest BCUT2D eigenvalue weighted by molar-refractivity contribution is 9.10. The third-order valence-electron chi connectivity index (χ3n) is 3.05. The van der Waals surface area contributed by atoms with Crippen LogP contribution in [0.4, 0.5) is 0 Å². The van der Waals surface area contributed by atoms with E-state index in [2.05, 4.69) is 36.7 Å². The van der Waals surface area contributed by atoms with E-state index in [9.17, 15) is 0 Å². The minimum Gasteiger partial charge on any atom is -0.379 e. The van der Waals surface area contributed by atoms with E-state index in [-0.39, 0.29) is 0 Å². The average Bonchev–Trinajstić information content (AvgIpc) is 2.48. The van der Waals surface area contributed by atoms with Crippen molar-refractivity contribution in [2.24, 2.45) is 5.10 Å². The smallest absolute Gasteiger partial charge is 0.187 e. The van der Waals surface area contributed by atoms with E-state index in [1.54, 1.807) is 6.21 Å². The first-order chi connectivity index (χ1) is 10.2. The standard InChI is InChI=1S/C14H19BrN4OS/c15-13-3-1-2-12(10-13)11-17-18-14(21)16-4-5-19-6-8-20-9-7-19/h1-3,10-11H,4-9H2,(H2,16,18,21)/b17-11+. The molecule has 1 saturated heterocycles. The van der Waals surface area contributed by atoms with Crippen LogP contribution in [0.2, 0.25) is 0 Å². The van der Waals surface area contributed by atoms with Crippen LogP contribution in [0.1, 0.15) is 5.56 Å². The normalized spacial score (nSPS) is 16.0. The number of thiocarbonyl (C=S) groups is 1. The fourth-order valence-electron chi connectivity index (χ4n) is 1.94. The van der Waals surface area contributed by atoms with Gasteiger partial charge in [-0.3, -0.25) is 10.3 Å². The summed E-state index contributed by atoms with van der Waals surface area (Å²) in [6.07, 6.45) is 1.74. The molecule has 0 bridgehead atoms. The molecule has 5 nitrogen and oxygen atoms in total. The van der Waals surface area contributed by atoms with E-state index in [1.807, 2.05) is 24.3 Å². The van der Waals surface area contributed by atoms with Gasteiger partial charge in [0, 0.05) is 30.7 Å². The molecule has 0 radical (unpaired) electrons. The first kappa shape index (κ1) is 16.4. The molecule has 0 aromatic heterocycles. The van der Waals surface area contributed by atoms with Gasteiger partial charge in [0.15, 0.2) is 5.11 Å². The molecule has 2 rings (SSSR count). The predicted octanol–water partition coefficient (Wildman–Crippen LogP) is 1.58. The maximum Gasteiger partial charge on any atom is 0.187 e. The van der Waals surface area contributed by atoms with Crippen molar-refractivity contribution < 1.29 is 4.74 Å². The molecular formula is C14H19BrN4OS. The zero-order valence-electron chi connectivity index (χ0n) is 11.7. The Morgan fingerprint density at radius 2 is 2.24 bits per heavy atom. The Morgan fingerprint density at radius 3 is 3.00 bits per heavy atom. The van der Waals surface area contributed by atoms with Crippen LogP contribution in [0.25, 0.3) is 0 Å². The maximum absolute atomic E-state index is 5.31. The van der Waals surface area contributed by atoms with Gasteiger partial charge < -0.3 is 10.1 Å². The van der Waals surface area contributed by atoms with Gasteiger partial charge >= 0.3 is 0 Å². The molecule has 114 valence electrons. The summed E-state index contributed by atoms with van der Waals surface area (Å²) in [4.78, 5) is 2.35. The first-order valence-electron chi connectivity index (χ1n) is 6.86. The highest BCUT2D eigenvalue weighted by atomic mass is 79.9. The van der Waals surface area contributed by atoms with E-state index >= 15 is 0 Å². The number of nitrogens with zero attached hydrogens (tertiary/aromatic N) is 2. The van der Waals surface area contributed by atoms with Gasteiger partial charge in [0.25, 0.3) is 0 Å². The molecule has 0 amide bonds. The second kappa shape index (κ2) is 9.09. The minimum atomic E-state index is 0.537. The van der Waals surface area contributed by atoms with Crippen molar-refractivity contribution in [2.45, 2.75) is 0 Å². The van der Waals surface area contributed by atoms with E-state index in [0.29, 0.717) is 5.11 Å². The number of rotatable bonds is 5. The Balaban J connectivity index is 1.63. The zero-order valence-corrected chi connectivity index (χ0v) is 14.1. The summed E-state index contributed by atoms with van der Waals surface area (Å²) in [6.45, 7) is 5.38. The summed E-state index contributed by atoms with van der Waals surface area (Å²) in [5.74, 6) is 0. The van der Waals surface area contributed by atoms with Crippen LogP contribution in [0.3, 0.4) is 0 Å². The number of hydrogen-bond acceptors (Lipinski definition) is 4. The van der Waals surface area contributed by atoms with Crippen LogP contribution in [0, 0.1) is 0 Å². The lowest BCUT2D eigenvalue weighted by atomic mass is 10.2. The van der Waals surface area contributed by atoms with Crippen molar-refractivity contribution in [2.75, 3.05) is 39.4 Å². The van der Waals surface area contributed by atoms with Gasteiger partial charge in [-0.15, -0.1) is 0 Å². The molecule has 1 aliphatic heterocycles. The Morgan fingerprint density at radius 1 is 1.43 bits per heavy atom. The summed E-state index contributed by atoms with van der Waals surface area (Å²) >= 11 is 8.59. The van der Waals surface area contributed by atoms with Gasteiger partial charge in [-0.2, -0.15) is 5.10 Å². The number of morpholine rings is 1. The predicted molar refractivity (Wildman–Crippen MR) is 92.7 cm³/mol. The second-order valence-corrected chi connectivity index (χ2v) is 5.96. The van der Waals surface area contributed by atoms with Crippen LogP contribution in [-0.2, 0) is 4.74 Å². The number of benzene rings is 1. The number of halogens is 1. The van der Waals surface area contributed by atoms with Gasteiger partial charge in [0.05, 0.1) is 19.4 Å². The zero-order chi connectivity index (χ0) is 14.9. The van der Waals surface area contributed by atoms with E-state index in [0.717, 1.165) is 49.4 Å². The van der Waals surface area contributed by atoms with Crippen LogP contribution in [0.5, 0.6) is 0 Å². The highest BCUT2D eigenvalue weighted by Crippen LogP contribution is 2.09. The molecule has 1 aromatic rings. The summed E-state index contributed by atoms with van der Waals surface area (Å²) < 4.78 is 6.33. The lowest BCUT2D eigenvalue weighted by molar-refractivity contribution is 0.0389. The number of hydrogen-bond donors (Lipinski definition) is 2. The molecule has 0 aliphatic carbocycles. The minimum absolute atomic E-state index is 0.537. The quantitative estimate of drug-likeness (QED) is 0.468. The van der Waals surface area contributed by atoms with E-state index in [4.69, 9.17) is 17.0 Å². The summed E-state index contributed by atoms with van der Waals surface area (Å²) in [5, 5.41) is 7.79. The Labute approximate surface area is 138 Å². The monoisotopic (exact) mass is 370 g/mol. The number of ether oxygens (including phenoxy) is 1. The van der Waals surface area contributed by atoms with Gasteiger partial charge in [-0.1, -0.05) is 28.1 Å². The molecule has 21 heavy (non-hydrogen) atoms. The molecule has 0 atom stereocenters. The van der Waals surface area contributed by atoms with E-state index < -0.39 is 0 Å². The Kier molecular flexibility index (Phi) is 7.08. The van der Waals surface area contributed by atoms with Crippen LogP contribution in [-0.4, -0.2) is 55.6 Å². The maximum atomic E-state index is 5.31. The topological polar surface area (TPSA) is 48.9 Å². The molecule has 2 N–H and O–H groups in total. The third-order valence-corrected chi connectivity index (χ3v) is 3.77. The number of hydrazone groups is 1. The second-order valence-electron chi connectivity index (χ2n) is 4.63. The van der Waals surface area contributed by atoms with Gasteiger partial charge in [0.2, 0.25) is 0 Å². The molecule has 0 spiro atoms. The SMILES string of the molecule is S=C(NCCN1CCOCC1)N/N=C/c1cccc(Br)c1. The van der Waals surface area contributed by atoms with Gasteiger partial charge in [0.1, 0.15) is 0 Å². The van der Waals surface area contributed by atoms with Crippen molar-refractivity contribution in [3.8, 4) is 0 Å². The molecule has 7 heteroatoms. The van der Waals surface area contributed by atoms with Crippen molar-refractivity contribution >= 4 is 39.5 Å². The molecule has 0 unspecified atom stereocenters. The summed E-state index contributed by atoms with van der Waals surface area (Å²) in [7, 11) is 0. The van der Waals surface area contributed by atoms with E-state index in [1.165, 1.54) is 0 Å². The highest BCUT2D eigenvalue weighted by Gasteiger charge is 2.09. The van der Waals surface area contributed by atoms with Gasteiger partial charge in [-0.25, -0.2) is 0 Å². The lowest BCUT2D eigenvalue weighted by Gasteiger charge is -2.26. The number of nitrogens with one attached hydrogen (secondary N) is 2. The fourth-order valence-corrected chi connectivity index (χ4v) is 2.52. The first-order valence-corrected chi connectivity index (χ1v) is 8.07. The lowest BCUT2D eigenvalue weighted by Crippen LogP contribution is -2.42. The average molecular weight is 371 g/mol. The Hall–Kier alpha value is -1.02. The largest absolute Gasteiger partial charge is 0.379 e. The molecular weight excluding hydrogens is 352 g/mol. The third kappa shape index (κ3) is 6.52. The van der Waals surface area contributed by atoms with Crippen LogP contribution >= 0.6 is 28.1 Å². The van der Waals surface area contributed by atoms with Crippen molar-refractivity contribution in [1.82, 2.24) is 15.6 Å². The fraction of sp³-hybridized carbons (Fsp3) is 0.429. The molecule has 0 saturated carbocycles. The Bertz CT molecular complexity index is 492. The summed E-state index contributed by atoms with van der Waals surface area (Å²) in [5.41, 5.74) is 3.83. The molecule has 1 fully saturated rings. The van der Waals surface area contributed by atoms with Crippen LogP contribution in [0.15, 0.2) is 33.8 Å². The molecule has 1 aromatic carbocycles. The van der Waals surface area contributed by atoms with Gasteiger partial charge in [-0.05, 0) is 29.9 Å². The van der Waals surface area contributed by atoms with Crippen molar-refractivity contribution in [3.05, 3.63) is 34.3 Å². The summed E-state index contributed by atoms with van der Waals surface area (Å²) in [6, 6.07) is 7.90. The molecule has 1 heterocycles.